The lowest BCUT2D eigenvalue weighted by Crippen LogP contribution is -2.40. The predicted molar refractivity (Wildman–Crippen MR) is 100 cm³/mol. The fourth-order valence-corrected chi connectivity index (χ4v) is 3.62. The molecule has 4 rings (SSSR count). The molecule has 0 spiro atoms. The number of hydrogen-bond acceptors (Lipinski definition) is 6. The van der Waals surface area contributed by atoms with E-state index < -0.39 is 5.60 Å². The van der Waals surface area contributed by atoms with Crippen LogP contribution in [-0.2, 0) is 10.3 Å². The minimum Gasteiger partial charge on any atom is -0.497 e. The van der Waals surface area contributed by atoms with E-state index in [1.54, 1.807) is 7.11 Å². The summed E-state index contributed by atoms with van der Waals surface area (Å²) in [5, 5.41) is 11.8. The molecule has 0 amide bonds. The fourth-order valence-electron chi connectivity index (χ4n) is 3.62. The van der Waals surface area contributed by atoms with Crippen LogP contribution in [0.5, 0.6) is 17.2 Å². The summed E-state index contributed by atoms with van der Waals surface area (Å²) in [5.74, 6) is 2.15. The van der Waals surface area contributed by atoms with Gasteiger partial charge in [0.1, 0.15) is 11.4 Å². The molecule has 144 valence electrons. The van der Waals surface area contributed by atoms with Gasteiger partial charge in [0.25, 0.3) is 0 Å². The molecule has 2 aromatic rings. The lowest BCUT2D eigenvalue weighted by molar-refractivity contribution is 0.0143. The van der Waals surface area contributed by atoms with Gasteiger partial charge in [-0.2, -0.15) is 0 Å². The van der Waals surface area contributed by atoms with Crippen LogP contribution in [0.3, 0.4) is 0 Å². The Morgan fingerprint density at radius 1 is 1.00 bits per heavy atom. The molecule has 1 atom stereocenters. The van der Waals surface area contributed by atoms with Crippen molar-refractivity contribution in [2.45, 2.75) is 12.0 Å². The largest absolute Gasteiger partial charge is 0.497 e. The van der Waals surface area contributed by atoms with Crippen molar-refractivity contribution in [2.75, 3.05) is 46.8 Å². The third-order valence-electron chi connectivity index (χ3n) is 5.31. The van der Waals surface area contributed by atoms with E-state index in [2.05, 4.69) is 4.90 Å². The molecule has 27 heavy (non-hydrogen) atoms. The van der Waals surface area contributed by atoms with Crippen molar-refractivity contribution in [3.63, 3.8) is 0 Å². The van der Waals surface area contributed by atoms with Crippen LogP contribution in [0.25, 0.3) is 0 Å². The topological polar surface area (TPSA) is 60.4 Å². The van der Waals surface area contributed by atoms with Gasteiger partial charge in [-0.15, -0.1) is 0 Å². The summed E-state index contributed by atoms with van der Waals surface area (Å²) >= 11 is 0. The highest BCUT2D eigenvalue weighted by molar-refractivity contribution is 5.49. The van der Waals surface area contributed by atoms with Crippen molar-refractivity contribution in [3.8, 4) is 17.2 Å². The summed E-state index contributed by atoms with van der Waals surface area (Å²) in [6, 6.07) is 13.2. The van der Waals surface area contributed by atoms with Gasteiger partial charge in [-0.05, 0) is 41.8 Å². The first-order valence-corrected chi connectivity index (χ1v) is 9.26. The minimum atomic E-state index is -1.13. The number of fused-ring (bicyclic) bond motifs is 1. The van der Waals surface area contributed by atoms with Gasteiger partial charge in [-0.25, -0.2) is 0 Å². The maximum atomic E-state index is 11.8. The van der Waals surface area contributed by atoms with Gasteiger partial charge in [0.2, 0.25) is 6.79 Å². The van der Waals surface area contributed by atoms with E-state index in [1.807, 2.05) is 42.5 Å². The van der Waals surface area contributed by atoms with Crippen LogP contribution < -0.4 is 14.2 Å². The van der Waals surface area contributed by atoms with Crippen LogP contribution in [0.4, 0.5) is 0 Å². The molecule has 0 saturated carbocycles. The number of ether oxygens (including phenoxy) is 4. The fraction of sp³-hybridized carbons (Fsp3) is 0.429. The summed E-state index contributed by atoms with van der Waals surface area (Å²) < 4.78 is 21.6. The van der Waals surface area contributed by atoms with Crippen molar-refractivity contribution < 1.29 is 24.1 Å². The lowest BCUT2D eigenvalue weighted by atomic mass is 9.83. The monoisotopic (exact) mass is 371 g/mol. The van der Waals surface area contributed by atoms with Crippen LogP contribution in [0, 0.1) is 0 Å². The molecular formula is C21H25NO5. The molecule has 0 aromatic heterocycles. The SMILES string of the molecule is COc1ccc(C(O)(CCN2CCOCC2)c2ccc3c(c2)OCO3)cc1. The molecule has 6 heteroatoms. The van der Waals surface area contributed by atoms with Gasteiger partial charge >= 0.3 is 0 Å². The normalized spacial score (nSPS) is 18.9. The first-order valence-electron chi connectivity index (χ1n) is 9.26. The van der Waals surface area contributed by atoms with Gasteiger partial charge < -0.3 is 24.1 Å². The molecule has 0 radical (unpaired) electrons. The maximum Gasteiger partial charge on any atom is 0.231 e. The zero-order chi connectivity index (χ0) is 18.7. The van der Waals surface area contributed by atoms with E-state index in [1.165, 1.54) is 0 Å². The van der Waals surface area contributed by atoms with Gasteiger partial charge in [-0.3, -0.25) is 4.90 Å². The molecule has 1 N–H and O–H groups in total. The number of aliphatic hydroxyl groups is 1. The Morgan fingerprint density at radius 3 is 2.44 bits per heavy atom. The van der Waals surface area contributed by atoms with Crippen LogP contribution >= 0.6 is 0 Å². The smallest absolute Gasteiger partial charge is 0.231 e. The van der Waals surface area contributed by atoms with Crippen molar-refractivity contribution >= 4 is 0 Å². The van der Waals surface area contributed by atoms with Crippen LogP contribution in [0.15, 0.2) is 42.5 Å². The second kappa shape index (κ2) is 7.76. The second-order valence-electron chi connectivity index (χ2n) is 6.86. The summed E-state index contributed by atoms with van der Waals surface area (Å²) in [7, 11) is 1.64. The molecule has 1 saturated heterocycles. The van der Waals surface area contributed by atoms with Crippen molar-refractivity contribution in [1.82, 2.24) is 4.90 Å². The van der Waals surface area contributed by atoms with E-state index in [0.29, 0.717) is 17.9 Å². The van der Waals surface area contributed by atoms with Gasteiger partial charge in [0.15, 0.2) is 11.5 Å². The molecule has 1 unspecified atom stereocenters. The Kier molecular flexibility index (Phi) is 5.20. The van der Waals surface area contributed by atoms with E-state index in [0.717, 1.165) is 49.7 Å². The highest BCUT2D eigenvalue weighted by Crippen LogP contribution is 2.40. The van der Waals surface area contributed by atoms with Crippen LogP contribution in [0.1, 0.15) is 17.5 Å². The van der Waals surface area contributed by atoms with Crippen molar-refractivity contribution in [2.24, 2.45) is 0 Å². The van der Waals surface area contributed by atoms with Gasteiger partial charge in [-0.1, -0.05) is 18.2 Å². The van der Waals surface area contributed by atoms with Crippen molar-refractivity contribution in [3.05, 3.63) is 53.6 Å². The zero-order valence-corrected chi connectivity index (χ0v) is 15.5. The Hall–Kier alpha value is -2.28. The maximum absolute atomic E-state index is 11.8. The van der Waals surface area contributed by atoms with Gasteiger partial charge in [0.05, 0.1) is 20.3 Å². The van der Waals surface area contributed by atoms with E-state index in [9.17, 15) is 5.11 Å². The molecular weight excluding hydrogens is 346 g/mol. The standard InChI is InChI=1S/C21H25NO5/c1-24-18-5-2-16(3-6-18)21(23,8-9-22-10-12-25-13-11-22)17-4-7-19-20(14-17)27-15-26-19/h2-7,14,23H,8-13,15H2,1H3. The molecule has 1 fully saturated rings. The average molecular weight is 371 g/mol. The molecule has 2 aromatic carbocycles. The van der Waals surface area contributed by atoms with Crippen LogP contribution in [-0.4, -0.2) is 56.8 Å². The molecule has 6 nitrogen and oxygen atoms in total. The number of hydrogen-bond donors (Lipinski definition) is 1. The highest BCUT2D eigenvalue weighted by atomic mass is 16.7. The molecule has 0 bridgehead atoms. The zero-order valence-electron chi connectivity index (χ0n) is 15.5. The first-order chi connectivity index (χ1) is 13.2. The second-order valence-corrected chi connectivity index (χ2v) is 6.86. The van der Waals surface area contributed by atoms with E-state index in [4.69, 9.17) is 18.9 Å². The third-order valence-corrected chi connectivity index (χ3v) is 5.31. The van der Waals surface area contributed by atoms with Crippen molar-refractivity contribution in [1.29, 1.82) is 0 Å². The number of rotatable bonds is 6. The third kappa shape index (κ3) is 3.74. The van der Waals surface area contributed by atoms with Crippen LogP contribution in [0.2, 0.25) is 0 Å². The molecule has 0 aliphatic carbocycles. The predicted octanol–water partition coefficient (Wildman–Crippen LogP) is 2.38. The summed E-state index contributed by atoms with van der Waals surface area (Å²) in [6.45, 7) is 4.25. The van der Waals surface area contributed by atoms with Gasteiger partial charge in [0, 0.05) is 19.6 Å². The quantitative estimate of drug-likeness (QED) is 0.841. The number of benzene rings is 2. The highest BCUT2D eigenvalue weighted by Gasteiger charge is 2.33. The number of nitrogens with zero attached hydrogens (tertiary/aromatic N) is 1. The minimum absolute atomic E-state index is 0.216. The first kappa shape index (κ1) is 18.1. The molecule has 2 heterocycles. The van der Waals surface area contributed by atoms with E-state index >= 15 is 0 Å². The Morgan fingerprint density at radius 2 is 1.70 bits per heavy atom. The summed E-state index contributed by atoms with van der Waals surface area (Å²) in [4.78, 5) is 2.32. The summed E-state index contributed by atoms with van der Waals surface area (Å²) in [6.07, 6.45) is 0.568. The summed E-state index contributed by atoms with van der Waals surface area (Å²) in [5.41, 5.74) is 0.492. The molecule has 2 aliphatic rings. The Bertz CT molecular complexity index is 773. The molecule has 2 aliphatic heterocycles. The van der Waals surface area contributed by atoms with E-state index in [-0.39, 0.29) is 6.79 Å². The lowest BCUT2D eigenvalue weighted by Gasteiger charge is -2.34. The Labute approximate surface area is 159 Å². The average Bonchev–Trinajstić information content (AvgIpc) is 3.21. The number of morpholine rings is 1. The number of methoxy groups -OCH3 is 1. The Balaban J connectivity index is 1.64.